The van der Waals surface area contributed by atoms with Gasteiger partial charge in [-0.2, -0.15) is 0 Å². The summed E-state index contributed by atoms with van der Waals surface area (Å²) in [4.78, 5) is 42.7. The number of nitrogens with one attached hydrogen (secondary N) is 2. The Labute approximate surface area is 189 Å². The Morgan fingerprint density at radius 3 is 2.44 bits per heavy atom. The highest BCUT2D eigenvalue weighted by atomic mass is 32.2. The van der Waals surface area contributed by atoms with Gasteiger partial charge in [0, 0.05) is 39.1 Å². The van der Waals surface area contributed by atoms with Gasteiger partial charge in [0.2, 0.25) is 5.91 Å². The fourth-order valence-electron chi connectivity index (χ4n) is 3.17. The highest BCUT2D eigenvalue weighted by molar-refractivity contribution is 7.99. The number of amides is 1. The number of hydrogen-bond donors (Lipinski definition) is 2. The number of H-pyrrole nitrogens is 1. The van der Waals surface area contributed by atoms with Crippen LogP contribution in [0.4, 0.5) is 5.69 Å². The number of carbonyl (C=O) groups is 1. The Kier molecular flexibility index (Phi) is 6.42. The van der Waals surface area contributed by atoms with Crippen molar-refractivity contribution < 1.29 is 4.79 Å². The first kappa shape index (κ1) is 21.5. The Hall–Kier alpha value is -3.78. The van der Waals surface area contributed by atoms with Gasteiger partial charge in [0.1, 0.15) is 0 Å². The number of nitrogens with zero attached hydrogens (tertiary/aromatic N) is 3. The van der Waals surface area contributed by atoms with E-state index >= 15 is 0 Å². The molecule has 0 saturated carbocycles. The molecule has 0 unspecified atom stereocenters. The summed E-state index contributed by atoms with van der Waals surface area (Å²) in [5.41, 5.74) is 2.07. The van der Waals surface area contributed by atoms with Crippen LogP contribution in [0.15, 0.2) is 81.6 Å². The minimum atomic E-state index is -0.374. The standard InChI is InChI=1S/C24H21N5O2S/c1-15-13-18(32-17-7-4-3-5-8-17)9-10-20(15)28-21(30)14-19-16(2)27-23(29-24(19)31)22-25-11-6-12-26-22/h3-13H,14H2,1-2H3,(H,28,30)(H,27,29,31). The molecule has 0 aliphatic carbocycles. The molecule has 0 bridgehead atoms. The largest absolute Gasteiger partial charge is 0.326 e. The van der Waals surface area contributed by atoms with Gasteiger partial charge >= 0.3 is 0 Å². The highest BCUT2D eigenvalue weighted by Crippen LogP contribution is 2.30. The van der Waals surface area contributed by atoms with Crippen molar-refractivity contribution in [3.63, 3.8) is 0 Å². The van der Waals surface area contributed by atoms with Gasteiger partial charge in [-0.15, -0.1) is 0 Å². The van der Waals surface area contributed by atoms with Crippen molar-refractivity contribution in [2.45, 2.75) is 30.1 Å². The topological polar surface area (TPSA) is 101 Å². The maximum atomic E-state index is 12.6. The van der Waals surface area contributed by atoms with Gasteiger partial charge in [0.25, 0.3) is 5.56 Å². The van der Waals surface area contributed by atoms with Gasteiger partial charge in [0.05, 0.1) is 6.42 Å². The number of aromatic amines is 1. The molecular formula is C24H21N5O2S. The molecule has 7 nitrogen and oxygen atoms in total. The number of anilines is 1. The Morgan fingerprint density at radius 1 is 1.00 bits per heavy atom. The van der Waals surface area contributed by atoms with Crippen LogP contribution in [0.25, 0.3) is 11.6 Å². The Bertz CT molecular complexity index is 1310. The van der Waals surface area contributed by atoms with Crippen molar-refractivity contribution in [2.24, 2.45) is 0 Å². The zero-order valence-electron chi connectivity index (χ0n) is 17.6. The number of benzene rings is 2. The van der Waals surface area contributed by atoms with E-state index in [1.807, 2.05) is 43.3 Å². The molecule has 0 saturated heterocycles. The van der Waals surface area contributed by atoms with Crippen LogP contribution >= 0.6 is 11.8 Å². The molecule has 2 heterocycles. The van der Waals surface area contributed by atoms with Gasteiger partial charge in [-0.05, 0) is 55.8 Å². The van der Waals surface area contributed by atoms with Crippen molar-refractivity contribution in [2.75, 3.05) is 5.32 Å². The molecule has 160 valence electrons. The molecule has 0 aliphatic heterocycles. The Balaban J connectivity index is 1.46. The number of carbonyl (C=O) groups excluding carboxylic acids is 1. The second kappa shape index (κ2) is 9.57. The minimum absolute atomic E-state index is 0.0793. The van der Waals surface area contributed by atoms with Crippen molar-refractivity contribution in [1.82, 2.24) is 19.9 Å². The molecule has 2 N–H and O–H groups in total. The third-order valence-corrected chi connectivity index (χ3v) is 5.79. The van der Waals surface area contributed by atoms with Crippen LogP contribution in [0.1, 0.15) is 16.8 Å². The van der Waals surface area contributed by atoms with Crippen molar-refractivity contribution in [3.8, 4) is 11.6 Å². The fraction of sp³-hybridized carbons (Fsp3) is 0.125. The summed E-state index contributed by atoms with van der Waals surface area (Å²) in [5.74, 6) is 0.322. The molecule has 0 fully saturated rings. The highest BCUT2D eigenvalue weighted by Gasteiger charge is 2.15. The molecule has 0 atom stereocenters. The third-order valence-electron chi connectivity index (χ3n) is 4.79. The quantitative estimate of drug-likeness (QED) is 0.464. The zero-order valence-corrected chi connectivity index (χ0v) is 18.4. The number of aromatic nitrogens is 4. The molecule has 1 amide bonds. The van der Waals surface area contributed by atoms with E-state index in [1.54, 1.807) is 37.1 Å². The molecule has 0 spiro atoms. The molecule has 0 radical (unpaired) electrons. The van der Waals surface area contributed by atoms with Gasteiger partial charge in [0.15, 0.2) is 11.6 Å². The lowest BCUT2D eigenvalue weighted by Gasteiger charge is -2.11. The zero-order chi connectivity index (χ0) is 22.5. The van der Waals surface area contributed by atoms with Crippen molar-refractivity contribution in [3.05, 3.63) is 94.2 Å². The molecule has 8 heteroatoms. The van der Waals surface area contributed by atoms with E-state index in [4.69, 9.17) is 0 Å². The smallest absolute Gasteiger partial charge is 0.255 e. The second-order valence-corrected chi connectivity index (χ2v) is 8.31. The van der Waals surface area contributed by atoms with Gasteiger partial charge in [-0.25, -0.2) is 15.0 Å². The number of aryl methyl sites for hydroxylation is 2. The molecule has 4 rings (SSSR count). The van der Waals surface area contributed by atoms with Crippen LogP contribution in [0.5, 0.6) is 0 Å². The molecule has 0 aliphatic rings. The predicted molar refractivity (Wildman–Crippen MR) is 125 cm³/mol. The van der Waals surface area contributed by atoms with E-state index in [-0.39, 0.29) is 23.7 Å². The second-order valence-electron chi connectivity index (χ2n) is 7.17. The molecule has 2 aromatic heterocycles. The van der Waals surface area contributed by atoms with Crippen LogP contribution in [0, 0.1) is 13.8 Å². The van der Waals surface area contributed by atoms with E-state index in [0.717, 1.165) is 15.4 Å². The number of hydrogen-bond acceptors (Lipinski definition) is 6. The van der Waals surface area contributed by atoms with E-state index in [2.05, 4.69) is 37.4 Å². The third kappa shape index (κ3) is 5.09. The fourth-order valence-corrected chi connectivity index (χ4v) is 4.10. The SMILES string of the molecule is Cc1cc(Sc2ccccc2)ccc1NC(=O)Cc1c(C)nc(-c2ncccn2)[nH]c1=O. The lowest BCUT2D eigenvalue weighted by atomic mass is 10.1. The van der Waals surface area contributed by atoms with E-state index in [0.29, 0.717) is 22.8 Å². The monoisotopic (exact) mass is 443 g/mol. The van der Waals surface area contributed by atoms with Crippen LogP contribution < -0.4 is 10.9 Å². The maximum absolute atomic E-state index is 12.6. The molecular weight excluding hydrogens is 422 g/mol. The first-order valence-electron chi connectivity index (χ1n) is 10.00. The van der Waals surface area contributed by atoms with E-state index < -0.39 is 0 Å². The van der Waals surface area contributed by atoms with Crippen molar-refractivity contribution in [1.29, 1.82) is 0 Å². The van der Waals surface area contributed by atoms with Crippen LogP contribution in [0.2, 0.25) is 0 Å². The lowest BCUT2D eigenvalue weighted by Crippen LogP contribution is -2.24. The van der Waals surface area contributed by atoms with Crippen LogP contribution in [0.3, 0.4) is 0 Å². The number of rotatable bonds is 6. The summed E-state index contributed by atoms with van der Waals surface area (Å²) in [7, 11) is 0. The Morgan fingerprint density at radius 2 is 1.75 bits per heavy atom. The van der Waals surface area contributed by atoms with Crippen molar-refractivity contribution >= 4 is 23.4 Å². The first-order chi connectivity index (χ1) is 15.5. The average molecular weight is 444 g/mol. The van der Waals surface area contributed by atoms with Gasteiger partial charge in [-0.3, -0.25) is 9.59 Å². The maximum Gasteiger partial charge on any atom is 0.255 e. The van der Waals surface area contributed by atoms with Gasteiger partial charge < -0.3 is 10.3 Å². The van der Waals surface area contributed by atoms with Crippen LogP contribution in [-0.4, -0.2) is 25.8 Å². The van der Waals surface area contributed by atoms with E-state index in [1.165, 1.54) is 0 Å². The van der Waals surface area contributed by atoms with E-state index in [9.17, 15) is 9.59 Å². The normalized spacial score (nSPS) is 10.7. The first-order valence-corrected chi connectivity index (χ1v) is 10.8. The molecule has 32 heavy (non-hydrogen) atoms. The summed E-state index contributed by atoms with van der Waals surface area (Å²) in [6, 6.07) is 17.7. The minimum Gasteiger partial charge on any atom is -0.326 e. The van der Waals surface area contributed by atoms with Gasteiger partial charge in [-0.1, -0.05) is 30.0 Å². The average Bonchev–Trinajstić information content (AvgIpc) is 2.79. The summed E-state index contributed by atoms with van der Waals surface area (Å²) >= 11 is 1.66. The van der Waals surface area contributed by atoms with Crippen LogP contribution in [-0.2, 0) is 11.2 Å². The predicted octanol–water partition coefficient (Wildman–Crippen LogP) is 4.18. The molecule has 2 aromatic carbocycles. The summed E-state index contributed by atoms with van der Waals surface area (Å²) in [6.45, 7) is 3.64. The lowest BCUT2D eigenvalue weighted by molar-refractivity contribution is -0.115. The summed E-state index contributed by atoms with van der Waals surface area (Å²) < 4.78 is 0. The summed E-state index contributed by atoms with van der Waals surface area (Å²) in [5, 5.41) is 2.90. The molecule has 4 aromatic rings. The summed E-state index contributed by atoms with van der Waals surface area (Å²) in [6.07, 6.45) is 3.07.